The second kappa shape index (κ2) is 4.81. The van der Waals surface area contributed by atoms with Crippen molar-refractivity contribution in [1.82, 2.24) is 0 Å². The molecule has 1 aliphatic carbocycles. The molecule has 2 nitrogen and oxygen atoms in total. The molecule has 0 spiro atoms. The molecule has 2 rings (SSSR count). The quantitative estimate of drug-likeness (QED) is 0.689. The van der Waals surface area contributed by atoms with Gasteiger partial charge in [-0.25, -0.2) is 4.79 Å². The fourth-order valence-corrected chi connectivity index (χ4v) is 1.85. The summed E-state index contributed by atoms with van der Waals surface area (Å²) in [6.07, 6.45) is 3.78. The third kappa shape index (κ3) is 2.71. The number of carbonyl (C=O) groups excluding carboxylic acids is 1. The van der Waals surface area contributed by atoms with Crippen LogP contribution < -0.4 is 4.74 Å². The van der Waals surface area contributed by atoms with Crippen molar-refractivity contribution in [3.63, 3.8) is 0 Å². The summed E-state index contributed by atoms with van der Waals surface area (Å²) in [5.74, 6) is 2.92. The Balaban J connectivity index is 1.90. The molecule has 0 bridgehead atoms. The number of rotatable bonds is 2. The first-order chi connectivity index (χ1) is 7.38. The predicted octanol–water partition coefficient (Wildman–Crippen LogP) is 2.77. The van der Waals surface area contributed by atoms with Gasteiger partial charge in [-0.15, -0.1) is 0 Å². The molecule has 15 heavy (non-hydrogen) atoms. The van der Waals surface area contributed by atoms with Gasteiger partial charge in [0.15, 0.2) is 0 Å². The fourth-order valence-electron chi connectivity index (χ4n) is 1.85. The molecular weight excluding hydrogens is 188 g/mol. The molecular formula is C13H14O2. The molecule has 0 N–H and O–H groups in total. The standard InChI is InChI=1S/C13H14O2/c14-10-11-6-8-13(9-7-11)15-12-4-2-1-3-5-12/h1-5,13H,6-9H2. The molecule has 0 saturated heterocycles. The Morgan fingerprint density at radius 3 is 2.40 bits per heavy atom. The van der Waals surface area contributed by atoms with Gasteiger partial charge in [0.1, 0.15) is 11.7 Å². The van der Waals surface area contributed by atoms with E-state index < -0.39 is 0 Å². The lowest BCUT2D eigenvalue weighted by Gasteiger charge is -2.23. The summed E-state index contributed by atoms with van der Waals surface area (Å²) in [5.41, 5.74) is 0.905. The fraction of sp³-hybridized carbons (Fsp3) is 0.385. The second-order valence-corrected chi connectivity index (χ2v) is 3.84. The van der Waals surface area contributed by atoms with Crippen molar-refractivity contribution < 1.29 is 9.53 Å². The summed E-state index contributed by atoms with van der Waals surface area (Å²) in [5, 5.41) is 0. The van der Waals surface area contributed by atoms with Crippen molar-refractivity contribution >= 4 is 5.94 Å². The number of benzene rings is 1. The highest BCUT2D eigenvalue weighted by atomic mass is 16.5. The van der Waals surface area contributed by atoms with E-state index in [9.17, 15) is 4.79 Å². The molecule has 1 aromatic carbocycles. The van der Waals surface area contributed by atoms with E-state index in [1.165, 1.54) is 0 Å². The van der Waals surface area contributed by atoms with Gasteiger partial charge in [-0.2, -0.15) is 0 Å². The average Bonchev–Trinajstić information content (AvgIpc) is 2.31. The summed E-state index contributed by atoms with van der Waals surface area (Å²) in [4.78, 5) is 10.4. The highest BCUT2D eigenvalue weighted by Crippen LogP contribution is 2.25. The topological polar surface area (TPSA) is 26.3 Å². The van der Waals surface area contributed by atoms with E-state index in [0.717, 1.165) is 37.0 Å². The van der Waals surface area contributed by atoms with Crippen LogP contribution in [0.1, 0.15) is 25.7 Å². The van der Waals surface area contributed by atoms with E-state index in [1.54, 1.807) is 0 Å². The molecule has 2 heteroatoms. The first kappa shape index (κ1) is 10.0. The number of hydrogen-bond acceptors (Lipinski definition) is 2. The lowest BCUT2D eigenvalue weighted by molar-refractivity contribution is 0.169. The molecule has 78 valence electrons. The molecule has 0 unspecified atom stereocenters. The number of para-hydroxylation sites is 1. The Hall–Kier alpha value is -1.53. The Bertz CT molecular complexity index is 353. The van der Waals surface area contributed by atoms with Crippen LogP contribution in [0.15, 0.2) is 35.9 Å². The van der Waals surface area contributed by atoms with Gasteiger partial charge in [0.2, 0.25) is 0 Å². The second-order valence-electron chi connectivity index (χ2n) is 3.84. The lowest BCUT2D eigenvalue weighted by Crippen LogP contribution is -2.20. The zero-order valence-corrected chi connectivity index (χ0v) is 8.61. The van der Waals surface area contributed by atoms with Crippen molar-refractivity contribution in [2.24, 2.45) is 0 Å². The van der Waals surface area contributed by atoms with Crippen LogP contribution in [-0.4, -0.2) is 12.0 Å². The molecule has 0 amide bonds. The minimum absolute atomic E-state index is 0.254. The van der Waals surface area contributed by atoms with Gasteiger partial charge in [0.05, 0.1) is 6.10 Å². The first-order valence-corrected chi connectivity index (χ1v) is 5.33. The summed E-state index contributed by atoms with van der Waals surface area (Å²) < 4.78 is 5.80. The van der Waals surface area contributed by atoms with Crippen LogP contribution in [0.25, 0.3) is 0 Å². The van der Waals surface area contributed by atoms with Crippen LogP contribution in [0.4, 0.5) is 0 Å². The third-order valence-corrected chi connectivity index (χ3v) is 2.73. The summed E-state index contributed by atoms with van der Waals surface area (Å²) in [7, 11) is 0. The van der Waals surface area contributed by atoms with Crippen molar-refractivity contribution in [2.45, 2.75) is 31.8 Å². The largest absolute Gasteiger partial charge is 0.490 e. The lowest BCUT2D eigenvalue weighted by atomic mass is 9.93. The van der Waals surface area contributed by atoms with Crippen LogP contribution in [0.3, 0.4) is 0 Å². The van der Waals surface area contributed by atoms with E-state index in [-0.39, 0.29) is 6.10 Å². The van der Waals surface area contributed by atoms with Gasteiger partial charge in [-0.3, -0.25) is 0 Å². The van der Waals surface area contributed by atoms with Crippen LogP contribution in [0.5, 0.6) is 5.75 Å². The minimum atomic E-state index is 0.254. The van der Waals surface area contributed by atoms with Crippen LogP contribution in [0.2, 0.25) is 0 Å². The molecule has 1 aliphatic rings. The van der Waals surface area contributed by atoms with Crippen LogP contribution >= 0.6 is 0 Å². The van der Waals surface area contributed by atoms with E-state index in [0.29, 0.717) is 0 Å². The zero-order valence-electron chi connectivity index (χ0n) is 8.61. The number of allylic oxidation sites excluding steroid dienone is 1. The maximum Gasteiger partial charge on any atom is 0.123 e. The van der Waals surface area contributed by atoms with Gasteiger partial charge in [-0.1, -0.05) is 18.2 Å². The first-order valence-electron chi connectivity index (χ1n) is 5.33. The Morgan fingerprint density at radius 2 is 1.80 bits per heavy atom. The SMILES string of the molecule is O=C=C1CCC(Oc2ccccc2)CC1. The predicted molar refractivity (Wildman–Crippen MR) is 58.5 cm³/mol. The van der Waals surface area contributed by atoms with Gasteiger partial charge in [-0.05, 0) is 37.8 Å². The molecule has 1 aromatic rings. The minimum Gasteiger partial charge on any atom is -0.490 e. The van der Waals surface area contributed by atoms with Gasteiger partial charge in [0, 0.05) is 5.57 Å². The van der Waals surface area contributed by atoms with Crippen molar-refractivity contribution in [3.8, 4) is 5.75 Å². The Morgan fingerprint density at radius 1 is 1.13 bits per heavy atom. The Kier molecular flexibility index (Phi) is 3.21. The molecule has 1 fully saturated rings. The van der Waals surface area contributed by atoms with Gasteiger partial charge < -0.3 is 4.74 Å². The molecule has 0 radical (unpaired) electrons. The van der Waals surface area contributed by atoms with Crippen molar-refractivity contribution in [1.29, 1.82) is 0 Å². The molecule has 0 atom stereocenters. The van der Waals surface area contributed by atoms with Crippen LogP contribution in [-0.2, 0) is 4.79 Å². The smallest absolute Gasteiger partial charge is 0.123 e. The summed E-state index contributed by atoms with van der Waals surface area (Å²) >= 11 is 0. The Labute approximate surface area is 89.6 Å². The molecule has 0 aromatic heterocycles. The van der Waals surface area contributed by atoms with Crippen molar-refractivity contribution in [3.05, 3.63) is 35.9 Å². The monoisotopic (exact) mass is 202 g/mol. The summed E-state index contributed by atoms with van der Waals surface area (Å²) in [6, 6.07) is 9.83. The highest BCUT2D eigenvalue weighted by molar-refractivity contribution is 5.52. The van der Waals surface area contributed by atoms with E-state index in [1.807, 2.05) is 36.3 Å². The maximum atomic E-state index is 10.4. The van der Waals surface area contributed by atoms with Gasteiger partial charge in [0.25, 0.3) is 0 Å². The highest BCUT2D eigenvalue weighted by Gasteiger charge is 2.18. The van der Waals surface area contributed by atoms with Gasteiger partial charge >= 0.3 is 0 Å². The average molecular weight is 202 g/mol. The third-order valence-electron chi connectivity index (χ3n) is 2.73. The van der Waals surface area contributed by atoms with E-state index in [4.69, 9.17) is 4.74 Å². The van der Waals surface area contributed by atoms with Crippen LogP contribution in [0, 0.1) is 0 Å². The maximum absolute atomic E-state index is 10.4. The van der Waals surface area contributed by atoms with E-state index >= 15 is 0 Å². The normalized spacial score (nSPS) is 20.8. The molecule has 1 saturated carbocycles. The number of ether oxygens (including phenoxy) is 1. The zero-order chi connectivity index (χ0) is 10.5. The molecule has 0 aliphatic heterocycles. The summed E-state index contributed by atoms with van der Waals surface area (Å²) in [6.45, 7) is 0. The number of hydrogen-bond donors (Lipinski definition) is 0. The van der Waals surface area contributed by atoms with E-state index in [2.05, 4.69) is 0 Å². The molecule has 0 heterocycles. The van der Waals surface area contributed by atoms with Crippen molar-refractivity contribution in [2.75, 3.05) is 0 Å².